The first-order valence-electron chi connectivity index (χ1n) is 8.67. The minimum absolute atomic E-state index is 0.0485. The van der Waals surface area contributed by atoms with E-state index in [4.69, 9.17) is 22.1 Å². The number of nitriles is 1. The molecule has 0 aliphatic heterocycles. The summed E-state index contributed by atoms with van der Waals surface area (Å²) < 4.78 is 6.86. The van der Waals surface area contributed by atoms with Crippen LogP contribution in [0.1, 0.15) is 11.3 Å². The molecule has 0 fully saturated rings. The van der Waals surface area contributed by atoms with Crippen LogP contribution in [-0.4, -0.2) is 27.0 Å². The zero-order chi connectivity index (χ0) is 20.7. The number of aromatic nitrogens is 3. The molecule has 0 atom stereocenters. The number of rotatable bonds is 3. The average molecular weight is 406 g/mol. The van der Waals surface area contributed by atoms with E-state index in [0.717, 1.165) is 5.69 Å². The highest BCUT2D eigenvalue weighted by molar-refractivity contribution is 6.30. The van der Waals surface area contributed by atoms with E-state index < -0.39 is 0 Å². The number of para-hydroxylation sites is 1. The van der Waals surface area contributed by atoms with Crippen molar-refractivity contribution in [2.24, 2.45) is 0 Å². The first-order chi connectivity index (χ1) is 14.0. The number of hydrogen-bond acceptors (Lipinski definition) is 6. The maximum Gasteiger partial charge on any atom is 0.166 e. The predicted molar refractivity (Wildman–Crippen MR) is 111 cm³/mol. The van der Waals surface area contributed by atoms with Crippen LogP contribution < -0.4 is 10.5 Å². The second-order valence-electron chi connectivity index (χ2n) is 6.39. The summed E-state index contributed by atoms with van der Waals surface area (Å²) >= 11 is 6.00. The molecule has 2 heterocycles. The number of nitrogens with two attached hydrogens (primary N) is 1. The van der Waals surface area contributed by atoms with Gasteiger partial charge in [0, 0.05) is 16.1 Å². The third-order valence-corrected chi connectivity index (χ3v) is 4.94. The molecule has 8 heteroatoms. The Bertz CT molecular complexity index is 1290. The number of anilines is 1. The van der Waals surface area contributed by atoms with Gasteiger partial charge < -0.3 is 15.6 Å². The molecule has 4 rings (SSSR count). The Morgan fingerprint density at radius 3 is 2.59 bits per heavy atom. The van der Waals surface area contributed by atoms with Gasteiger partial charge in [-0.25, -0.2) is 9.67 Å². The Kier molecular flexibility index (Phi) is 4.49. The van der Waals surface area contributed by atoms with Crippen molar-refractivity contribution < 1.29 is 9.84 Å². The van der Waals surface area contributed by atoms with Crippen LogP contribution in [0.15, 0.2) is 42.5 Å². The van der Waals surface area contributed by atoms with Crippen LogP contribution in [0.4, 0.5) is 5.82 Å². The van der Waals surface area contributed by atoms with Crippen molar-refractivity contribution in [2.75, 3.05) is 12.8 Å². The minimum atomic E-state index is -0.0861. The number of aryl methyl sites for hydroxylation is 1. The highest BCUT2D eigenvalue weighted by Gasteiger charge is 2.24. The van der Waals surface area contributed by atoms with Crippen LogP contribution in [0.25, 0.3) is 27.8 Å². The summed E-state index contributed by atoms with van der Waals surface area (Å²) in [5, 5.41) is 26.3. The monoisotopic (exact) mass is 405 g/mol. The summed E-state index contributed by atoms with van der Waals surface area (Å²) in [6, 6.07) is 14.3. The number of ether oxygens (including phenoxy) is 1. The van der Waals surface area contributed by atoms with E-state index in [0.29, 0.717) is 32.9 Å². The van der Waals surface area contributed by atoms with Gasteiger partial charge in [-0.05, 0) is 37.3 Å². The Morgan fingerprint density at radius 2 is 1.93 bits per heavy atom. The first-order valence-corrected chi connectivity index (χ1v) is 9.05. The molecule has 7 nitrogen and oxygen atoms in total. The molecule has 0 saturated heterocycles. The number of benzene rings is 2. The van der Waals surface area contributed by atoms with Crippen molar-refractivity contribution >= 4 is 28.5 Å². The molecule has 144 valence electrons. The summed E-state index contributed by atoms with van der Waals surface area (Å²) in [6.07, 6.45) is 0. The fraction of sp³-hybridized carbons (Fsp3) is 0.0952. The summed E-state index contributed by atoms with van der Waals surface area (Å²) in [5.41, 5.74) is 9.02. The highest BCUT2D eigenvalue weighted by Crippen LogP contribution is 2.43. The lowest BCUT2D eigenvalue weighted by Crippen LogP contribution is -2.03. The third-order valence-electron chi connectivity index (χ3n) is 4.69. The molecule has 4 aromatic rings. The lowest BCUT2D eigenvalue weighted by atomic mass is 9.96. The average Bonchev–Trinajstić information content (AvgIpc) is 3.04. The van der Waals surface area contributed by atoms with Crippen LogP contribution >= 0.6 is 11.6 Å². The van der Waals surface area contributed by atoms with Crippen molar-refractivity contribution in [3.05, 3.63) is 58.7 Å². The Labute approximate surface area is 171 Å². The number of fused-ring (bicyclic) bond motifs is 1. The second kappa shape index (κ2) is 7.00. The number of halogens is 1. The van der Waals surface area contributed by atoms with Gasteiger partial charge >= 0.3 is 0 Å². The quantitative estimate of drug-likeness (QED) is 0.528. The summed E-state index contributed by atoms with van der Waals surface area (Å²) in [6.45, 7) is 1.81. The molecular formula is C21H16ClN5O2. The van der Waals surface area contributed by atoms with Crippen LogP contribution in [0.3, 0.4) is 0 Å². The van der Waals surface area contributed by atoms with Crippen molar-refractivity contribution in [3.63, 3.8) is 0 Å². The zero-order valence-corrected chi connectivity index (χ0v) is 16.4. The molecular weight excluding hydrogens is 390 g/mol. The van der Waals surface area contributed by atoms with Crippen molar-refractivity contribution in [1.29, 1.82) is 5.26 Å². The molecule has 0 amide bonds. The van der Waals surface area contributed by atoms with Gasteiger partial charge in [-0.2, -0.15) is 10.4 Å². The number of nitrogen functional groups attached to an aromatic ring is 1. The van der Waals surface area contributed by atoms with E-state index >= 15 is 0 Å². The standard InChI is InChI=1S/C21H16ClN5O2/c1-11-17-18(14-4-3-5-16(29-2)19(14)28)15(10-23)20(24)25-21(17)27(26-11)13-8-6-12(22)7-9-13/h3-9,28H,1-2H3,(H2,24,25). The Morgan fingerprint density at radius 1 is 1.21 bits per heavy atom. The van der Waals surface area contributed by atoms with Gasteiger partial charge in [-0.15, -0.1) is 0 Å². The zero-order valence-electron chi connectivity index (χ0n) is 15.6. The molecule has 0 bridgehead atoms. The second-order valence-corrected chi connectivity index (χ2v) is 6.82. The maximum atomic E-state index is 10.7. The predicted octanol–water partition coefficient (Wildman–Crippen LogP) is 4.22. The van der Waals surface area contributed by atoms with Crippen LogP contribution in [-0.2, 0) is 0 Å². The van der Waals surface area contributed by atoms with E-state index in [1.807, 2.05) is 19.1 Å². The molecule has 3 N–H and O–H groups in total. The molecule has 0 saturated carbocycles. The number of aromatic hydroxyl groups is 1. The molecule has 0 unspecified atom stereocenters. The molecule has 0 radical (unpaired) electrons. The van der Waals surface area contributed by atoms with Gasteiger partial charge in [0.15, 0.2) is 17.1 Å². The molecule has 2 aromatic carbocycles. The van der Waals surface area contributed by atoms with Crippen LogP contribution in [0.5, 0.6) is 11.5 Å². The van der Waals surface area contributed by atoms with Crippen molar-refractivity contribution in [2.45, 2.75) is 6.92 Å². The van der Waals surface area contributed by atoms with Crippen molar-refractivity contribution in [1.82, 2.24) is 14.8 Å². The van der Waals surface area contributed by atoms with Gasteiger partial charge in [-0.3, -0.25) is 0 Å². The summed E-state index contributed by atoms with van der Waals surface area (Å²) in [7, 11) is 1.46. The van der Waals surface area contributed by atoms with Gasteiger partial charge in [0.25, 0.3) is 0 Å². The van der Waals surface area contributed by atoms with E-state index in [-0.39, 0.29) is 22.9 Å². The van der Waals surface area contributed by atoms with E-state index in [9.17, 15) is 10.4 Å². The fourth-order valence-corrected chi connectivity index (χ4v) is 3.49. The van der Waals surface area contributed by atoms with Gasteiger partial charge in [0.05, 0.1) is 23.9 Å². The maximum absolute atomic E-state index is 10.7. The van der Waals surface area contributed by atoms with Gasteiger partial charge in [-0.1, -0.05) is 23.7 Å². The molecule has 0 spiro atoms. The Hall–Kier alpha value is -3.76. The number of phenols is 1. The Balaban J connectivity index is 2.12. The molecule has 29 heavy (non-hydrogen) atoms. The minimum Gasteiger partial charge on any atom is -0.504 e. The number of hydrogen-bond donors (Lipinski definition) is 2. The highest BCUT2D eigenvalue weighted by atomic mass is 35.5. The normalized spacial score (nSPS) is 10.8. The number of phenolic OH excluding ortho intramolecular Hbond substituents is 1. The van der Waals surface area contributed by atoms with E-state index in [2.05, 4.69) is 16.2 Å². The topological polar surface area (TPSA) is 110 Å². The number of nitrogens with zero attached hydrogens (tertiary/aromatic N) is 4. The molecule has 2 aromatic heterocycles. The SMILES string of the molecule is COc1cccc(-c2c(C#N)c(N)nc3c2c(C)nn3-c2ccc(Cl)cc2)c1O. The van der Waals surface area contributed by atoms with Crippen LogP contribution in [0, 0.1) is 18.3 Å². The number of pyridine rings is 1. The smallest absolute Gasteiger partial charge is 0.166 e. The fourth-order valence-electron chi connectivity index (χ4n) is 3.37. The lowest BCUT2D eigenvalue weighted by Gasteiger charge is -2.13. The third kappa shape index (κ3) is 2.91. The van der Waals surface area contributed by atoms with Gasteiger partial charge in [0.1, 0.15) is 17.5 Å². The van der Waals surface area contributed by atoms with Crippen LogP contribution in [0.2, 0.25) is 5.02 Å². The largest absolute Gasteiger partial charge is 0.504 e. The summed E-state index contributed by atoms with van der Waals surface area (Å²) in [5.74, 6) is 0.252. The van der Waals surface area contributed by atoms with E-state index in [1.54, 1.807) is 35.0 Å². The molecule has 0 aliphatic rings. The lowest BCUT2D eigenvalue weighted by molar-refractivity contribution is 0.374. The van der Waals surface area contributed by atoms with Gasteiger partial charge in [0.2, 0.25) is 0 Å². The summed E-state index contributed by atoms with van der Waals surface area (Å²) in [4.78, 5) is 4.43. The first kappa shape index (κ1) is 18.6. The number of methoxy groups -OCH3 is 1. The van der Waals surface area contributed by atoms with E-state index in [1.165, 1.54) is 7.11 Å². The molecule has 0 aliphatic carbocycles. The van der Waals surface area contributed by atoms with Crippen molar-refractivity contribution in [3.8, 4) is 34.4 Å².